The molecular formula is C17H32IN5O2. The summed E-state index contributed by atoms with van der Waals surface area (Å²) in [5.41, 5.74) is 0. The molecule has 1 fully saturated rings. The van der Waals surface area contributed by atoms with Crippen molar-refractivity contribution in [1.82, 2.24) is 20.2 Å². The average molecular weight is 465 g/mol. The molecule has 2 N–H and O–H groups in total. The highest BCUT2D eigenvalue weighted by molar-refractivity contribution is 14.0. The first-order valence-electron chi connectivity index (χ1n) is 9.02. The third-order valence-corrected chi connectivity index (χ3v) is 3.88. The van der Waals surface area contributed by atoms with Gasteiger partial charge in [-0.3, -0.25) is 4.99 Å². The summed E-state index contributed by atoms with van der Waals surface area (Å²) in [5.74, 6) is 1.47. The van der Waals surface area contributed by atoms with Gasteiger partial charge in [0.05, 0.1) is 19.5 Å². The maximum Gasteiger partial charge on any atom is 0.191 e. The lowest BCUT2D eigenvalue weighted by atomic mass is 10.1. The summed E-state index contributed by atoms with van der Waals surface area (Å²) in [4.78, 5) is 8.64. The van der Waals surface area contributed by atoms with Gasteiger partial charge in [0, 0.05) is 57.7 Å². The number of rotatable bonds is 11. The summed E-state index contributed by atoms with van der Waals surface area (Å²) in [6, 6.07) is 0. The molecule has 1 aliphatic heterocycles. The fourth-order valence-corrected chi connectivity index (χ4v) is 2.55. The molecule has 8 heteroatoms. The molecule has 1 aliphatic rings. The quantitative estimate of drug-likeness (QED) is 0.226. The van der Waals surface area contributed by atoms with Crippen molar-refractivity contribution in [3.8, 4) is 0 Å². The van der Waals surface area contributed by atoms with E-state index in [1.54, 1.807) is 6.20 Å². The van der Waals surface area contributed by atoms with Crippen LogP contribution in [0.2, 0.25) is 0 Å². The molecule has 25 heavy (non-hydrogen) atoms. The smallest absolute Gasteiger partial charge is 0.191 e. The molecule has 0 amide bonds. The maximum absolute atomic E-state index is 5.71. The second-order valence-corrected chi connectivity index (χ2v) is 6.00. The number of imidazole rings is 1. The zero-order chi connectivity index (χ0) is 16.9. The van der Waals surface area contributed by atoms with Crippen molar-refractivity contribution < 1.29 is 9.47 Å². The van der Waals surface area contributed by atoms with Crippen molar-refractivity contribution in [2.45, 2.75) is 32.7 Å². The van der Waals surface area contributed by atoms with Crippen molar-refractivity contribution in [2.24, 2.45) is 10.9 Å². The Balaban J connectivity index is 0.00000312. The van der Waals surface area contributed by atoms with Crippen molar-refractivity contribution in [2.75, 3.05) is 46.1 Å². The number of hydrogen-bond acceptors (Lipinski definition) is 4. The predicted octanol–water partition coefficient (Wildman–Crippen LogP) is 1.89. The Bertz CT molecular complexity index is 450. The van der Waals surface area contributed by atoms with Gasteiger partial charge in [-0.1, -0.05) is 0 Å². The van der Waals surface area contributed by atoms with E-state index >= 15 is 0 Å². The molecule has 0 radical (unpaired) electrons. The Morgan fingerprint density at radius 1 is 1.40 bits per heavy atom. The van der Waals surface area contributed by atoms with Crippen LogP contribution < -0.4 is 10.6 Å². The second-order valence-electron chi connectivity index (χ2n) is 6.00. The maximum atomic E-state index is 5.71. The van der Waals surface area contributed by atoms with Crippen LogP contribution in [0.25, 0.3) is 0 Å². The van der Waals surface area contributed by atoms with Crippen LogP contribution in [-0.2, 0) is 16.0 Å². The highest BCUT2D eigenvalue weighted by atomic mass is 127. The van der Waals surface area contributed by atoms with Crippen molar-refractivity contribution in [1.29, 1.82) is 0 Å². The van der Waals surface area contributed by atoms with E-state index in [-0.39, 0.29) is 24.0 Å². The van der Waals surface area contributed by atoms with Crippen LogP contribution in [0.1, 0.15) is 26.2 Å². The molecule has 2 rings (SSSR count). The summed E-state index contributed by atoms with van der Waals surface area (Å²) in [6.45, 7) is 8.91. The average Bonchev–Trinajstić information content (AvgIpc) is 3.28. The highest BCUT2D eigenvalue weighted by Gasteiger charge is 2.15. The zero-order valence-electron chi connectivity index (χ0n) is 15.2. The van der Waals surface area contributed by atoms with Crippen LogP contribution in [0.3, 0.4) is 0 Å². The van der Waals surface area contributed by atoms with E-state index in [4.69, 9.17) is 9.47 Å². The van der Waals surface area contributed by atoms with E-state index in [2.05, 4.69) is 32.1 Å². The van der Waals surface area contributed by atoms with Crippen molar-refractivity contribution in [3.63, 3.8) is 0 Å². The molecule has 1 aromatic heterocycles. The number of guanidine groups is 1. The van der Waals surface area contributed by atoms with Crippen molar-refractivity contribution >= 4 is 29.9 Å². The first-order valence-corrected chi connectivity index (χ1v) is 9.02. The van der Waals surface area contributed by atoms with Crippen LogP contribution in [-0.4, -0.2) is 61.6 Å². The van der Waals surface area contributed by atoms with Gasteiger partial charge in [0.25, 0.3) is 0 Å². The molecule has 1 atom stereocenters. The minimum absolute atomic E-state index is 0. The summed E-state index contributed by atoms with van der Waals surface area (Å²) >= 11 is 0. The van der Waals surface area contributed by atoms with Crippen LogP contribution in [0.15, 0.2) is 23.7 Å². The summed E-state index contributed by atoms with van der Waals surface area (Å²) < 4.78 is 13.1. The van der Waals surface area contributed by atoms with E-state index in [1.807, 2.05) is 12.5 Å². The first-order chi connectivity index (χ1) is 11.9. The summed E-state index contributed by atoms with van der Waals surface area (Å²) in [7, 11) is 0. The molecule has 1 saturated heterocycles. The number of aryl methyl sites for hydroxylation is 1. The number of nitrogens with one attached hydrogen (secondary N) is 2. The molecule has 2 heterocycles. The van der Waals surface area contributed by atoms with Gasteiger partial charge in [0.1, 0.15) is 0 Å². The predicted molar refractivity (Wildman–Crippen MR) is 111 cm³/mol. The van der Waals surface area contributed by atoms with Crippen LogP contribution in [0.4, 0.5) is 0 Å². The molecule has 0 saturated carbocycles. The lowest BCUT2D eigenvalue weighted by molar-refractivity contribution is 0.0888. The van der Waals surface area contributed by atoms with Crippen LogP contribution in [0, 0.1) is 5.92 Å². The lowest BCUT2D eigenvalue weighted by Gasteiger charge is -2.12. The third-order valence-electron chi connectivity index (χ3n) is 3.88. The SMILES string of the molecule is CCNC(=NCCCn1ccnc1)NCCCOCC1CCOC1.I. The van der Waals surface area contributed by atoms with Gasteiger partial charge in [-0.25, -0.2) is 4.98 Å². The molecule has 0 bridgehead atoms. The Morgan fingerprint density at radius 3 is 3.04 bits per heavy atom. The molecule has 7 nitrogen and oxygen atoms in total. The van der Waals surface area contributed by atoms with Gasteiger partial charge < -0.3 is 24.7 Å². The number of halogens is 1. The van der Waals surface area contributed by atoms with Gasteiger partial charge >= 0.3 is 0 Å². The molecular weight excluding hydrogens is 433 g/mol. The second kappa shape index (κ2) is 14.3. The monoisotopic (exact) mass is 465 g/mol. The fraction of sp³-hybridized carbons (Fsp3) is 0.765. The minimum Gasteiger partial charge on any atom is -0.381 e. The van der Waals surface area contributed by atoms with Gasteiger partial charge in [-0.15, -0.1) is 24.0 Å². The molecule has 1 aromatic rings. The Hall–Kier alpha value is -0.870. The molecule has 0 aromatic carbocycles. The van der Waals surface area contributed by atoms with Gasteiger partial charge in [-0.2, -0.15) is 0 Å². The Morgan fingerprint density at radius 2 is 2.32 bits per heavy atom. The minimum atomic E-state index is 0. The standard InChI is InChI=1S/C17H31N5O2.HI/c1-2-19-17(20-6-3-9-22-10-8-18-15-22)21-7-4-11-23-13-16-5-12-24-14-16;/h8,10,15-16H,2-7,9,11-14H2,1H3,(H2,19,20,21);1H. The normalized spacial score (nSPS) is 17.3. The van der Waals surface area contributed by atoms with Crippen LogP contribution >= 0.6 is 24.0 Å². The number of hydrogen-bond donors (Lipinski definition) is 2. The van der Waals surface area contributed by atoms with Crippen LogP contribution in [0.5, 0.6) is 0 Å². The number of aliphatic imine (C=N–C) groups is 1. The van der Waals surface area contributed by atoms with Gasteiger partial charge in [0.15, 0.2) is 5.96 Å². The Kier molecular flexibility index (Phi) is 12.7. The van der Waals surface area contributed by atoms with Crippen molar-refractivity contribution in [3.05, 3.63) is 18.7 Å². The lowest BCUT2D eigenvalue weighted by Crippen LogP contribution is -2.38. The molecule has 0 spiro atoms. The number of ether oxygens (including phenoxy) is 2. The first kappa shape index (κ1) is 22.2. The van der Waals surface area contributed by atoms with Gasteiger partial charge in [0.2, 0.25) is 0 Å². The topological polar surface area (TPSA) is 72.7 Å². The van der Waals surface area contributed by atoms with E-state index in [0.717, 1.165) is 77.8 Å². The van der Waals surface area contributed by atoms with Gasteiger partial charge in [-0.05, 0) is 26.2 Å². The van der Waals surface area contributed by atoms with E-state index in [0.29, 0.717) is 5.92 Å². The van der Waals surface area contributed by atoms with E-state index in [9.17, 15) is 0 Å². The molecule has 0 aliphatic carbocycles. The number of nitrogens with zero attached hydrogens (tertiary/aromatic N) is 3. The Labute approximate surface area is 168 Å². The van der Waals surface area contributed by atoms with E-state index < -0.39 is 0 Å². The highest BCUT2D eigenvalue weighted by Crippen LogP contribution is 2.12. The fourth-order valence-electron chi connectivity index (χ4n) is 2.55. The summed E-state index contributed by atoms with van der Waals surface area (Å²) in [6.07, 6.45) is 8.73. The zero-order valence-corrected chi connectivity index (χ0v) is 17.5. The summed E-state index contributed by atoms with van der Waals surface area (Å²) in [5, 5.41) is 6.63. The van der Waals surface area contributed by atoms with E-state index in [1.165, 1.54) is 0 Å². The largest absolute Gasteiger partial charge is 0.381 e. The molecule has 144 valence electrons. The molecule has 1 unspecified atom stereocenters. The third kappa shape index (κ3) is 10.0. The number of aromatic nitrogens is 2.